The number of carbonyl (C=O) groups is 8. The molecule has 0 unspecified atom stereocenters. The maximum absolute atomic E-state index is 11.3. The lowest BCUT2D eigenvalue weighted by atomic mass is 10.0. The number of Topliss-reactive ketones (excluding diaryl/α,β-unsaturated/α-hetero) is 5. The molecule has 0 bridgehead atoms. The number of rotatable bonds is 15. The molecule has 0 saturated carbocycles. The fourth-order valence-corrected chi connectivity index (χ4v) is 4.18. The van der Waals surface area contributed by atoms with Crippen molar-refractivity contribution >= 4 is 58.4 Å². The summed E-state index contributed by atoms with van der Waals surface area (Å²) in [4.78, 5) is 87.5. The molecule has 0 atom stereocenters. The number of para-hydroxylation sites is 1. The highest BCUT2D eigenvalue weighted by Gasteiger charge is 2.11. The van der Waals surface area contributed by atoms with Crippen molar-refractivity contribution in [3.63, 3.8) is 0 Å². The monoisotopic (exact) mass is 1010 g/mol. The van der Waals surface area contributed by atoms with Crippen molar-refractivity contribution in [2.45, 2.75) is 124 Å². The van der Waals surface area contributed by atoms with Crippen LogP contribution in [0.4, 0.5) is 0 Å². The number of amides is 1. The van der Waals surface area contributed by atoms with E-state index in [0.29, 0.717) is 18.0 Å². The molecule has 0 radical (unpaired) electrons. The molecule has 0 fully saturated rings. The Labute approximate surface area is 434 Å². The van der Waals surface area contributed by atoms with Gasteiger partial charge < -0.3 is 19.1 Å². The van der Waals surface area contributed by atoms with Crippen LogP contribution in [0.1, 0.15) is 134 Å². The van der Waals surface area contributed by atoms with Crippen LogP contribution in [0.3, 0.4) is 0 Å². The van der Waals surface area contributed by atoms with E-state index in [1.54, 1.807) is 51.9 Å². The third-order valence-corrected chi connectivity index (χ3v) is 9.27. The molecule has 0 aliphatic carbocycles. The predicted octanol–water partition coefficient (Wildman–Crippen LogP) is 12.3. The van der Waals surface area contributed by atoms with Crippen molar-refractivity contribution in [1.29, 1.82) is 0 Å². The van der Waals surface area contributed by atoms with Gasteiger partial charge in [-0.25, -0.2) is 0 Å². The molecule has 0 aromatic heterocycles. The number of nitrogens with zero attached hydrogens (tertiary/aromatic N) is 1. The van der Waals surface area contributed by atoms with Gasteiger partial charge in [-0.05, 0) is 24.6 Å². The number of ketones is 5. The molecule has 3 rings (SSSR count). The minimum atomic E-state index is -0.193. The van der Waals surface area contributed by atoms with Crippen LogP contribution in [0.25, 0.3) is 0 Å². The highest BCUT2D eigenvalue weighted by Crippen LogP contribution is 2.11. The molecule has 0 aliphatic rings. The van der Waals surface area contributed by atoms with Crippen LogP contribution in [0.2, 0.25) is 0 Å². The van der Waals surface area contributed by atoms with Crippen molar-refractivity contribution in [2.24, 2.45) is 47.3 Å². The molecule has 0 saturated heterocycles. The van der Waals surface area contributed by atoms with Gasteiger partial charge in [-0.3, -0.25) is 38.4 Å². The number of hydrogen-bond donors (Lipinski definition) is 0. The van der Waals surface area contributed by atoms with Crippen molar-refractivity contribution < 1.29 is 52.6 Å². The van der Waals surface area contributed by atoms with Gasteiger partial charge in [-0.1, -0.05) is 190 Å². The smallest absolute Gasteiger partial charge is 0.313 e. The Balaban J connectivity index is -0.000000237. The van der Waals surface area contributed by atoms with E-state index in [-0.39, 0.29) is 101 Å². The number of alkyl halides is 1. The van der Waals surface area contributed by atoms with Gasteiger partial charge in [0.2, 0.25) is 5.91 Å². The van der Waals surface area contributed by atoms with Gasteiger partial charge in [-0.15, -0.1) is 11.6 Å². The van der Waals surface area contributed by atoms with E-state index in [1.807, 2.05) is 176 Å². The van der Waals surface area contributed by atoms with E-state index in [1.165, 1.54) is 14.2 Å². The van der Waals surface area contributed by atoms with E-state index in [2.05, 4.69) is 9.47 Å². The van der Waals surface area contributed by atoms with Gasteiger partial charge in [0.15, 0.2) is 11.6 Å². The molecule has 0 heterocycles. The lowest BCUT2D eigenvalue weighted by Crippen LogP contribution is -2.26. The Bertz CT molecular complexity index is 1780. The first-order chi connectivity index (χ1) is 32.9. The number of methoxy groups -OCH3 is 2. The molecule has 0 N–H and O–H groups in total. The Morgan fingerprint density at radius 1 is 0.479 bits per heavy atom. The lowest BCUT2D eigenvalue weighted by molar-refractivity contribution is -0.144. The fraction of sp³-hybridized carbons (Fsp3) is 0.552. The fourth-order valence-electron chi connectivity index (χ4n) is 3.87. The van der Waals surface area contributed by atoms with Crippen molar-refractivity contribution in [1.82, 2.24) is 4.90 Å². The standard InChI is InChI=1S/C11H14O.C10H12O2.C10H12O.C6H13NO.C6H12O2.C5H9ClO.C5H10O2.C5H10O/c1-9(2)11(12)8-10-6-4-3-5-7-10;1-8(2)10(11)12-9-6-4-3-5-7-9;1-8(2)10(11)9-6-4-3-5-7-9;1-5(2)6(8)7(3)4;1-5(2)6(7)4-8-3;1-4(2)5(7)3-6;1-4(2)5(6)7-3;1-4(2)5(3)6/h3-7,9H,8H2,1-2H3;3-8H,1-2H3;3-8H,1-2H3;5H,1-4H3;5H,4H2,1-3H3;4H,3H2,1-2H3;4H,1-3H3;4H,1-3H3. The Morgan fingerprint density at radius 3 is 1.08 bits per heavy atom. The first-order valence-corrected chi connectivity index (χ1v) is 24.7. The molecule has 0 aliphatic heterocycles. The topological polar surface area (TPSA) is 167 Å². The third kappa shape index (κ3) is 46.8. The SMILES string of the molecule is CC(=O)C(C)C.CC(C)C(=O)CCl.CC(C)C(=O)Cc1ccccc1.CC(C)C(=O)N(C)C.CC(C)C(=O)Oc1ccccc1.CC(C)C(=O)c1ccccc1.COC(=O)C(C)C.COCC(=O)C(C)C. The Morgan fingerprint density at radius 2 is 0.859 bits per heavy atom. The minimum Gasteiger partial charge on any atom is -0.469 e. The molecule has 3 aromatic rings. The highest BCUT2D eigenvalue weighted by atomic mass is 35.5. The number of carbonyl (C=O) groups excluding carboxylic acids is 8. The van der Waals surface area contributed by atoms with E-state index >= 15 is 0 Å². The molecule has 3 aromatic carbocycles. The molecule has 1 amide bonds. The zero-order valence-electron chi connectivity index (χ0n) is 47.2. The zero-order valence-corrected chi connectivity index (χ0v) is 48.0. The van der Waals surface area contributed by atoms with Gasteiger partial charge >= 0.3 is 11.9 Å². The van der Waals surface area contributed by atoms with E-state index in [4.69, 9.17) is 16.3 Å². The molecule has 12 nitrogen and oxygen atoms in total. The summed E-state index contributed by atoms with van der Waals surface area (Å²) < 4.78 is 14.0. The second-order valence-electron chi connectivity index (χ2n) is 18.7. The maximum Gasteiger partial charge on any atom is 0.313 e. The average molecular weight is 1010 g/mol. The number of halogens is 1. The van der Waals surface area contributed by atoms with Crippen LogP contribution in [-0.2, 0) is 49.5 Å². The summed E-state index contributed by atoms with van der Waals surface area (Å²) in [6.45, 7) is 31.7. The van der Waals surface area contributed by atoms with Crippen LogP contribution in [0.5, 0.6) is 5.75 Å². The quantitative estimate of drug-likeness (QED) is 0.0615. The number of hydrogen-bond acceptors (Lipinski definition) is 11. The van der Waals surface area contributed by atoms with Gasteiger partial charge in [0, 0.05) is 68.7 Å². The van der Waals surface area contributed by atoms with Crippen molar-refractivity contribution in [2.75, 3.05) is 40.8 Å². The van der Waals surface area contributed by atoms with Crippen LogP contribution < -0.4 is 4.74 Å². The summed E-state index contributed by atoms with van der Waals surface area (Å²) in [5.74, 6) is 2.36. The van der Waals surface area contributed by atoms with Gasteiger partial charge in [0.25, 0.3) is 0 Å². The Hall–Kier alpha value is -5.33. The normalized spacial score (nSPS) is 9.83. The summed E-state index contributed by atoms with van der Waals surface area (Å²) in [5.41, 5.74) is 1.92. The van der Waals surface area contributed by atoms with Crippen LogP contribution in [0, 0.1) is 47.3 Å². The van der Waals surface area contributed by atoms with Crippen LogP contribution in [-0.4, -0.2) is 92.5 Å². The molecule has 13 heteroatoms. The summed E-state index contributed by atoms with van der Waals surface area (Å²) in [6, 6.07) is 28.3. The van der Waals surface area contributed by atoms with Crippen LogP contribution >= 0.6 is 11.6 Å². The first kappa shape index (κ1) is 74.6. The molecular weight excluding hydrogens is 922 g/mol. The predicted molar refractivity (Wildman–Crippen MR) is 291 cm³/mol. The van der Waals surface area contributed by atoms with Crippen molar-refractivity contribution in [3.05, 3.63) is 102 Å². The molecule has 402 valence electrons. The van der Waals surface area contributed by atoms with Crippen molar-refractivity contribution in [3.8, 4) is 5.75 Å². The average Bonchev–Trinajstić information content (AvgIpc) is 3.32. The summed E-state index contributed by atoms with van der Waals surface area (Å²) in [7, 11) is 6.45. The van der Waals surface area contributed by atoms with Crippen LogP contribution in [0.15, 0.2) is 91.0 Å². The van der Waals surface area contributed by atoms with Gasteiger partial charge in [0.05, 0.1) is 24.8 Å². The summed E-state index contributed by atoms with van der Waals surface area (Å²) >= 11 is 5.20. The number of benzene rings is 3. The maximum atomic E-state index is 11.3. The van der Waals surface area contributed by atoms with E-state index in [9.17, 15) is 38.4 Å². The lowest BCUT2D eigenvalue weighted by Gasteiger charge is -2.11. The number of ether oxygens (including phenoxy) is 3. The molecule has 0 spiro atoms. The summed E-state index contributed by atoms with van der Waals surface area (Å²) in [6.07, 6.45) is 0.568. The second-order valence-corrected chi connectivity index (χ2v) is 19.0. The second kappa shape index (κ2) is 45.8. The molecular formula is C58H92ClNO11. The largest absolute Gasteiger partial charge is 0.469 e. The summed E-state index contributed by atoms with van der Waals surface area (Å²) in [5, 5.41) is 0. The highest BCUT2D eigenvalue weighted by molar-refractivity contribution is 6.27. The minimum absolute atomic E-state index is 0.00463. The van der Waals surface area contributed by atoms with E-state index in [0.717, 1.165) is 11.1 Å². The van der Waals surface area contributed by atoms with Gasteiger partial charge in [-0.2, -0.15) is 0 Å². The first-order valence-electron chi connectivity index (χ1n) is 24.2. The number of esters is 2. The zero-order chi connectivity index (χ0) is 56.4. The van der Waals surface area contributed by atoms with E-state index < -0.39 is 0 Å². The third-order valence-electron chi connectivity index (χ3n) is 9.01. The Kier molecular flexibility index (Phi) is 48.1. The van der Waals surface area contributed by atoms with Gasteiger partial charge in [0.1, 0.15) is 29.7 Å². The molecule has 71 heavy (non-hydrogen) atoms.